The van der Waals surface area contributed by atoms with Gasteiger partial charge in [0.25, 0.3) is 0 Å². The first-order chi connectivity index (χ1) is 8.59. The summed E-state index contributed by atoms with van der Waals surface area (Å²) in [7, 11) is 3.88. The topological polar surface area (TPSA) is 38.5 Å². The summed E-state index contributed by atoms with van der Waals surface area (Å²) in [5.41, 5.74) is 7.50. The van der Waals surface area contributed by atoms with Gasteiger partial charge in [-0.15, -0.1) is 0 Å². The van der Waals surface area contributed by atoms with Crippen LogP contribution >= 0.6 is 0 Å². The van der Waals surface area contributed by atoms with Gasteiger partial charge in [-0.05, 0) is 43.5 Å². The fourth-order valence-corrected chi connectivity index (χ4v) is 3.04. The maximum atomic E-state index is 5.97. The minimum Gasteiger partial charge on any atom is -0.497 e. The van der Waals surface area contributed by atoms with Crippen LogP contribution < -0.4 is 10.5 Å². The van der Waals surface area contributed by atoms with Crippen LogP contribution in [-0.2, 0) is 6.54 Å². The van der Waals surface area contributed by atoms with Crippen molar-refractivity contribution in [2.45, 2.75) is 31.8 Å². The quantitative estimate of drug-likeness (QED) is 0.868. The summed E-state index contributed by atoms with van der Waals surface area (Å²) in [5, 5.41) is 0. The molecular weight excluding hydrogens is 224 g/mol. The third-order valence-electron chi connectivity index (χ3n) is 4.23. The minimum absolute atomic E-state index is 0.222. The molecule has 1 aromatic carbocycles. The molecule has 3 heteroatoms. The molecule has 0 spiro atoms. The Morgan fingerprint density at radius 1 is 1.33 bits per heavy atom. The lowest BCUT2D eigenvalue weighted by Crippen LogP contribution is -2.59. The number of nitrogens with zero attached hydrogens (tertiary/aromatic N) is 1. The molecular formula is C15H24N2O. The zero-order valence-electron chi connectivity index (χ0n) is 11.6. The third-order valence-corrected chi connectivity index (χ3v) is 4.23. The summed E-state index contributed by atoms with van der Waals surface area (Å²) in [6.45, 7) is 4.01. The van der Waals surface area contributed by atoms with Crippen LogP contribution in [0.3, 0.4) is 0 Å². The number of benzene rings is 1. The maximum absolute atomic E-state index is 5.97. The summed E-state index contributed by atoms with van der Waals surface area (Å²) in [4.78, 5) is 2.41. The Labute approximate surface area is 110 Å². The first-order valence-corrected chi connectivity index (χ1v) is 6.64. The highest BCUT2D eigenvalue weighted by Gasteiger charge is 2.43. The zero-order chi connectivity index (χ0) is 13.2. The lowest BCUT2D eigenvalue weighted by atomic mass is 9.68. The van der Waals surface area contributed by atoms with Gasteiger partial charge < -0.3 is 10.5 Å². The fourth-order valence-electron chi connectivity index (χ4n) is 3.04. The molecule has 0 aliphatic heterocycles. The number of nitrogens with two attached hydrogens (primary N) is 1. The third kappa shape index (κ3) is 2.52. The van der Waals surface area contributed by atoms with E-state index in [1.54, 1.807) is 7.11 Å². The Morgan fingerprint density at radius 2 is 1.94 bits per heavy atom. The van der Waals surface area contributed by atoms with Crippen LogP contribution in [0.25, 0.3) is 0 Å². The summed E-state index contributed by atoms with van der Waals surface area (Å²) in [6, 6.07) is 8.28. The van der Waals surface area contributed by atoms with Gasteiger partial charge in [0.15, 0.2) is 0 Å². The Morgan fingerprint density at radius 3 is 2.39 bits per heavy atom. The first-order valence-electron chi connectivity index (χ1n) is 6.64. The van der Waals surface area contributed by atoms with Gasteiger partial charge in [0, 0.05) is 18.6 Å². The lowest BCUT2D eigenvalue weighted by molar-refractivity contribution is 0.000276. The monoisotopic (exact) mass is 248 g/mol. The van der Waals surface area contributed by atoms with Crippen LogP contribution in [0.2, 0.25) is 0 Å². The Hall–Kier alpha value is -1.06. The number of hydrogen-bond acceptors (Lipinski definition) is 3. The van der Waals surface area contributed by atoms with Crippen molar-refractivity contribution in [2.24, 2.45) is 11.7 Å². The molecule has 0 saturated heterocycles. The highest BCUT2D eigenvalue weighted by atomic mass is 16.5. The molecule has 0 unspecified atom stereocenters. The maximum Gasteiger partial charge on any atom is 0.118 e. The average molecular weight is 248 g/mol. The lowest BCUT2D eigenvalue weighted by Gasteiger charge is -2.52. The van der Waals surface area contributed by atoms with Gasteiger partial charge in [-0.2, -0.15) is 0 Å². The van der Waals surface area contributed by atoms with Crippen LogP contribution in [0, 0.1) is 5.92 Å². The highest BCUT2D eigenvalue weighted by Crippen LogP contribution is 2.41. The van der Waals surface area contributed by atoms with Gasteiger partial charge in [-0.25, -0.2) is 0 Å². The van der Waals surface area contributed by atoms with Crippen molar-refractivity contribution in [1.29, 1.82) is 0 Å². The predicted molar refractivity (Wildman–Crippen MR) is 74.6 cm³/mol. The SMILES string of the molecule is COc1ccc(CN(C)C2(CN)CC(C)C2)cc1. The van der Waals surface area contributed by atoms with Gasteiger partial charge in [0.1, 0.15) is 5.75 Å². The van der Waals surface area contributed by atoms with Gasteiger partial charge in [-0.1, -0.05) is 19.1 Å². The van der Waals surface area contributed by atoms with E-state index in [9.17, 15) is 0 Å². The smallest absolute Gasteiger partial charge is 0.118 e. The molecule has 0 heterocycles. The molecule has 0 aromatic heterocycles. The van der Waals surface area contributed by atoms with Crippen LogP contribution in [-0.4, -0.2) is 31.1 Å². The number of ether oxygens (including phenoxy) is 1. The van der Waals surface area contributed by atoms with E-state index in [0.717, 1.165) is 24.8 Å². The zero-order valence-corrected chi connectivity index (χ0v) is 11.6. The van der Waals surface area contributed by atoms with Gasteiger partial charge >= 0.3 is 0 Å². The molecule has 18 heavy (non-hydrogen) atoms. The van der Waals surface area contributed by atoms with Crippen molar-refractivity contribution < 1.29 is 4.74 Å². The van der Waals surface area contributed by atoms with Gasteiger partial charge in [-0.3, -0.25) is 4.90 Å². The Balaban J connectivity index is 1.99. The molecule has 1 aromatic rings. The van der Waals surface area contributed by atoms with E-state index in [-0.39, 0.29) is 5.54 Å². The van der Waals surface area contributed by atoms with E-state index in [0.29, 0.717) is 0 Å². The first kappa shape index (κ1) is 13.4. The molecule has 0 amide bonds. The van der Waals surface area contributed by atoms with Crippen molar-refractivity contribution in [3.63, 3.8) is 0 Å². The molecule has 100 valence electrons. The van der Waals surface area contributed by atoms with Crippen molar-refractivity contribution in [3.05, 3.63) is 29.8 Å². The standard InChI is InChI=1S/C15H24N2O/c1-12-8-15(9-12,11-16)17(2)10-13-4-6-14(18-3)7-5-13/h4-7,12H,8-11,16H2,1-3H3. The molecule has 3 nitrogen and oxygen atoms in total. The van der Waals surface area contributed by atoms with Crippen LogP contribution in [0.5, 0.6) is 5.75 Å². The predicted octanol–water partition coefficient (Wildman–Crippen LogP) is 2.25. The minimum atomic E-state index is 0.222. The summed E-state index contributed by atoms with van der Waals surface area (Å²) in [6.07, 6.45) is 2.44. The van der Waals surface area contributed by atoms with Gasteiger partial charge in [0.05, 0.1) is 7.11 Å². The largest absolute Gasteiger partial charge is 0.497 e. The number of likely N-dealkylation sites (N-methyl/N-ethyl adjacent to an activating group) is 1. The second-order valence-electron chi connectivity index (χ2n) is 5.65. The van der Waals surface area contributed by atoms with Crippen molar-refractivity contribution >= 4 is 0 Å². The van der Waals surface area contributed by atoms with E-state index in [4.69, 9.17) is 10.5 Å². The normalized spacial score (nSPS) is 27.1. The van der Waals surface area contributed by atoms with Crippen LogP contribution in [0.15, 0.2) is 24.3 Å². The van der Waals surface area contributed by atoms with E-state index < -0.39 is 0 Å². The van der Waals surface area contributed by atoms with E-state index in [2.05, 4.69) is 31.0 Å². The second-order valence-corrected chi connectivity index (χ2v) is 5.65. The van der Waals surface area contributed by atoms with Crippen molar-refractivity contribution in [3.8, 4) is 5.75 Å². The summed E-state index contributed by atoms with van der Waals surface area (Å²) >= 11 is 0. The van der Waals surface area contributed by atoms with E-state index in [1.807, 2.05) is 12.1 Å². The summed E-state index contributed by atoms with van der Waals surface area (Å²) in [5.74, 6) is 1.72. The molecule has 1 fully saturated rings. The average Bonchev–Trinajstić information content (AvgIpc) is 2.35. The number of hydrogen-bond donors (Lipinski definition) is 1. The molecule has 0 atom stereocenters. The molecule has 1 aliphatic rings. The highest BCUT2D eigenvalue weighted by molar-refractivity contribution is 5.27. The van der Waals surface area contributed by atoms with Crippen molar-refractivity contribution in [2.75, 3.05) is 20.7 Å². The van der Waals surface area contributed by atoms with E-state index in [1.165, 1.54) is 18.4 Å². The molecule has 0 radical (unpaired) electrons. The number of rotatable bonds is 5. The second kappa shape index (κ2) is 5.29. The van der Waals surface area contributed by atoms with Crippen LogP contribution in [0.4, 0.5) is 0 Å². The van der Waals surface area contributed by atoms with Crippen molar-refractivity contribution in [1.82, 2.24) is 4.90 Å². The molecule has 2 rings (SSSR count). The molecule has 1 aliphatic carbocycles. The molecule has 2 N–H and O–H groups in total. The van der Waals surface area contributed by atoms with Gasteiger partial charge in [0.2, 0.25) is 0 Å². The van der Waals surface area contributed by atoms with E-state index >= 15 is 0 Å². The fraction of sp³-hybridized carbons (Fsp3) is 0.600. The molecule has 0 bridgehead atoms. The number of methoxy groups -OCH3 is 1. The Kier molecular flexibility index (Phi) is 3.93. The Bertz CT molecular complexity index is 382. The summed E-state index contributed by atoms with van der Waals surface area (Å²) < 4.78 is 5.18. The molecule has 1 saturated carbocycles. The van der Waals surface area contributed by atoms with Crippen LogP contribution in [0.1, 0.15) is 25.3 Å².